The molecule has 0 atom stereocenters. The van der Waals surface area contributed by atoms with Gasteiger partial charge in [0.25, 0.3) is 0 Å². The molecule has 1 aromatic heterocycles. The van der Waals surface area contributed by atoms with Gasteiger partial charge in [0.1, 0.15) is 5.01 Å². The van der Waals surface area contributed by atoms with Crippen LogP contribution >= 0.6 is 23.1 Å². The van der Waals surface area contributed by atoms with Crippen LogP contribution in [0.4, 0.5) is 13.2 Å². The lowest BCUT2D eigenvalue weighted by atomic mass is 10.4. The fourth-order valence-corrected chi connectivity index (χ4v) is 2.56. The van der Waals surface area contributed by atoms with Gasteiger partial charge in [0.2, 0.25) is 0 Å². The minimum atomic E-state index is -4.16. The Kier molecular flexibility index (Phi) is 5.57. The molecule has 0 fully saturated rings. The van der Waals surface area contributed by atoms with Crippen LogP contribution in [0.3, 0.4) is 0 Å². The summed E-state index contributed by atoms with van der Waals surface area (Å²) in [5, 5.41) is 5.09. The van der Waals surface area contributed by atoms with Crippen LogP contribution in [0.5, 0.6) is 0 Å². The van der Waals surface area contributed by atoms with E-state index in [4.69, 9.17) is 0 Å². The van der Waals surface area contributed by atoms with E-state index in [1.165, 1.54) is 11.3 Å². The van der Waals surface area contributed by atoms with Gasteiger partial charge in [0, 0.05) is 17.7 Å². The average molecular weight is 270 g/mol. The maximum atomic E-state index is 11.8. The molecular weight excluding hydrogens is 257 g/mol. The van der Waals surface area contributed by atoms with Crippen molar-refractivity contribution in [1.29, 1.82) is 0 Å². The summed E-state index contributed by atoms with van der Waals surface area (Å²) in [6, 6.07) is 0. The predicted molar refractivity (Wildman–Crippen MR) is 61.7 cm³/mol. The number of alkyl halides is 3. The number of nitrogens with zero attached hydrogens (tertiary/aromatic N) is 1. The maximum absolute atomic E-state index is 11.8. The van der Waals surface area contributed by atoms with Crippen LogP contribution in [0.2, 0.25) is 0 Å². The molecule has 0 saturated carbocycles. The number of hydrogen-bond acceptors (Lipinski definition) is 4. The summed E-state index contributed by atoms with van der Waals surface area (Å²) in [5.74, 6) is 1.85. The fourth-order valence-electron chi connectivity index (χ4n) is 1.02. The van der Waals surface area contributed by atoms with Crippen molar-refractivity contribution in [3.63, 3.8) is 0 Å². The number of aromatic nitrogens is 1. The third-order valence-electron chi connectivity index (χ3n) is 1.66. The number of rotatable bonds is 6. The zero-order valence-electron chi connectivity index (χ0n) is 8.80. The minimum Gasteiger partial charge on any atom is -0.303 e. The van der Waals surface area contributed by atoms with Crippen LogP contribution < -0.4 is 5.32 Å². The SMILES string of the molecule is CCSCc1nc(CNCC(F)(F)F)cs1. The first kappa shape index (κ1) is 13.8. The molecule has 0 spiro atoms. The Morgan fingerprint density at radius 3 is 2.88 bits per heavy atom. The van der Waals surface area contributed by atoms with Gasteiger partial charge in [-0.05, 0) is 5.75 Å². The van der Waals surface area contributed by atoms with Gasteiger partial charge >= 0.3 is 6.18 Å². The lowest BCUT2D eigenvalue weighted by Crippen LogP contribution is -2.28. The van der Waals surface area contributed by atoms with Crippen LogP contribution in [0.15, 0.2) is 5.38 Å². The van der Waals surface area contributed by atoms with Crippen molar-refractivity contribution in [2.24, 2.45) is 0 Å². The van der Waals surface area contributed by atoms with Gasteiger partial charge in [0.15, 0.2) is 0 Å². The molecule has 0 aromatic carbocycles. The summed E-state index contributed by atoms with van der Waals surface area (Å²) in [4.78, 5) is 4.24. The van der Waals surface area contributed by atoms with E-state index < -0.39 is 12.7 Å². The maximum Gasteiger partial charge on any atom is 0.401 e. The van der Waals surface area contributed by atoms with E-state index in [9.17, 15) is 13.2 Å². The van der Waals surface area contributed by atoms with E-state index in [0.717, 1.165) is 16.5 Å². The van der Waals surface area contributed by atoms with E-state index in [1.807, 2.05) is 0 Å². The molecule has 7 heteroatoms. The van der Waals surface area contributed by atoms with Gasteiger partial charge in [-0.3, -0.25) is 0 Å². The highest BCUT2D eigenvalue weighted by atomic mass is 32.2. The molecule has 2 nitrogen and oxygen atoms in total. The Morgan fingerprint density at radius 1 is 1.50 bits per heavy atom. The van der Waals surface area contributed by atoms with Crippen LogP contribution in [-0.2, 0) is 12.3 Å². The molecule has 0 radical (unpaired) electrons. The number of thioether (sulfide) groups is 1. The second-order valence-corrected chi connectivity index (χ2v) is 5.31. The number of nitrogens with one attached hydrogen (secondary N) is 1. The highest BCUT2D eigenvalue weighted by Gasteiger charge is 2.26. The molecule has 1 heterocycles. The van der Waals surface area contributed by atoms with Gasteiger partial charge in [-0.15, -0.1) is 11.3 Å². The third-order valence-corrected chi connectivity index (χ3v) is 3.63. The molecule has 0 bridgehead atoms. The highest BCUT2D eigenvalue weighted by molar-refractivity contribution is 7.98. The summed E-state index contributed by atoms with van der Waals surface area (Å²) in [6.45, 7) is 1.26. The topological polar surface area (TPSA) is 24.9 Å². The molecule has 0 unspecified atom stereocenters. The number of hydrogen-bond donors (Lipinski definition) is 1. The Morgan fingerprint density at radius 2 is 2.25 bits per heavy atom. The van der Waals surface area contributed by atoms with Crippen molar-refractivity contribution in [3.05, 3.63) is 16.1 Å². The molecule has 1 aromatic rings. The molecule has 1 N–H and O–H groups in total. The summed E-state index contributed by atoms with van der Waals surface area (Å²) < 4.78 is 35.5. The summed E-state index contributed by atoms with van der Waals surface area (Å²) in [5.41, 5.74) is 0.681. The third kappa shape index (κ3) is 5.72. The monoisotopic (exact) mass is 270 g/mol. The van der Waals surface area contributed by atoms with Crippen LogP contribution in [-0.4, -0.2) is 23.5 Å². The van der Waals surface area contributed by atoms with Gasteiger partial charge < -0.3 is 5.32 Å². The molecule has 0 saturated heterocycles. The molecule has 0 aliphatic carbocycles. The van der Waals surface area contributed by atoms with E-state index in [-0.39, 0.29) is 6.54 Å². The number of halogens is 3. The van der Waals surface area contributed by atoms with E-state index in [2.05, 4.69) is 17.2 Å². The standard InChI is InChI=1S/C9H13F3N2S2/c1-2-15-5-8-14-7(4-16-8)3-13-6-9(10,11)12/h4,13H,2-3,5-6H2,1H3. The molecule has 0 aliphatic heterocycles. The predicted octanol–water partition coefficient (Wildman–Crippen LogP) is 3.05. The van der Waals surface area contributed by atoms with Crippen molar-refractivity contribution in [2.45, 2.75) is 25.4 Å². The van der Waals surface area contributed by atoms with Gasteiger partial charge in [0.05, 0.1) is 12.2 Å². The van der Waals surface area contributed by atoms with Crippen molar-refractivity contribution in [2.75, 3.05) is 12.3 Å². The van der Waals surface area contributed by atoms with Crippen LogP contribution in [0, 0.1) is 0 Å². The summed E-state index contributed by atoms with van der Waals surface area (Å²) >= 11 is 3.24. The van der Waals surface area contributed by atoms with E-state index in [1.54, 1.807) is 17.1 Å². The van der Waals surface area contributed by atoms with Crippen molar-refractivity contribution in [1.82, 2.24) is 10.3 Å². The molecule has 16 heavy (non-hydrogen) atoms. The average Bonchev–Trinajstić information content (AvgIpc) is 2.61. The second-order valence-electron chi connectivity index (χ2n) is 3.09. The van der Waals surface area contributed by atoms with Crippen molar-refractivity contribution >= 4 is 23.1 Å². The highest BCUT2D eigenvalue weighted by Crippen LogP contribution is 2.17. The molecular formula is C9H13F3N2S2. The molecule has 92 valence electrons. The zero-order chi connectivity index (χ0) is 12.0. The molecule has 0 amide bonds. The lowest BCUT2D eigenvalue weighted by molar-refractivity contribution is -0.125. The molecule has 1 rings (SSSR count). The minimum absolute atomic E-state index is 0.173. The van der Waals surface area contributed by atoms with Crippen LogP contribution in [0.1, 0.15) is 17.6 Å². The van der Waals surface area contributed by atoms with Gasteiger partial charge in [-0.25, -0.2) is 4.98 Å². The smallest absolute Gasteiger partial charge is 0.303 e. The van der Waals surface area contributed by atoms with Gasteiger partial charge in [-0.2, -0.15) is 24.9 Å². The summed E-state index contributed by atoms with van der Waals surface area (Å²) in [7, 11) is 0. The quantitative estimate of drug-likeness (QED) is 0.860. The summed E-state index contributed by atoms with van der Waals surface area (Å²) in [6.07, 6.45) is -4.16. The van der Waals surface area contributed by atoms with Crippen molar-refractivity contribution < 1.29 is 13.2 Å². The van der Waals surface area contributed by atoms with E-state index >= 15 is 0 Å². The van der Waals surface area contributed by atoms with E-state index in [0.29, 0.717) is 5.69 Å². The first-order valence-corrected chi connectivity index (χ1v) is 6.83. The normalized spacial score (nSPS) is 12.0. The zero-order valence-corrected chi connectivity index (χ0v) is 10.4. The second kappa shape index (κ2) is 6.46. The lowest BCUT2D eigenvalue weighted by Gasteiger charge is -2.06. The Balaban J connectivity index is 2.29. The fraction of sp³-hybridized carbons (Fsp3) is 0.667. The largest absolute Gasteiger partial charge is 0.401 e. The Bertz CT molecular complexity index is 312. The molecule has 0 aliphatic rings. The Labute approximate surface area is 101 Å². The first-order chi connectivity index (χ1) is 7.51. The number of thiazole rings is 1. The first-order valence-electron chi connectivity index (χ1n) is 4.79. The van der Waals surface area contributed by atoms with Crippen LogP contribution in [0.25, 0.3) is 0 Å². The van der Waals surface area contributed by atoms with Crippen molar-refractivity contribution in [3.8, 4) is 0 Å². The van der Waals surface area contributed by atoms with Gasteiger partial charge in [-0.1, -0.05) is 6.92 Å². The Hall–Kier alpha value is -0.270.